The van der Waals surface area contributed by atoms with E-state index in [9.17, 15) is 0 Å². The van der Waals surface area contributed by atoms with E-state index >= 15 is 0 Å². The molecule has 2 aromatic heterocycles. The summed E-state index contributed by atoms with van der Waals surface area (Å²) < 4.78 is 2.59. The zero-order valence-electron chi connectivity index (χ0n) is 8.69. The minimum Gasteiger partial charge on any atom is -0.300 e. The molecule has 1 N–H and O–H groups in total. The summed E-state index contributed by atoms with van der Waals surface area (Å²) in [5, 5.41) is 6.98. The van der Waals surface area contributed by atoms with E-state index in [2.05, 4.69) is 15.2 Å². The van der Waals surface area contributed by atoms with Gasteiger partial charge in [-0.3, -0.25) is 10.1 Å². The summed E-state index contributed by atoms with van der Waals surface area (Å²) in [5.74, 6) is 0.843. The first-order valence-electron chi connectivity index (χ1n) is 4.80. The van der Waals surface area contributed by atoms with E-state index in [-0.39, 0.29) is 0 Å². The molecule has 5 heteroatoms. The Balaban J connectivity index is 2.54. The fourth-order valence-electron chi connectivity index (χ4n) is 1.43. The van der Waals surface area contributed by atoms with Crippen LogP contribution in [0.15, 0.2) is 18.3 Å². The van der Waals surface area contributed by atoms with Crippen molar-refractivity contribution in [3.05, 3.63) is 28.8 Å². The number of nitrogens with zero attached hydrogens (tertiary/aromatic N) is 3. The normalized spacial score (nSPS) is 10.5. The van der Waals surface area contributed by atoms with Gasteiger partial charge in [-0.15, -0.1) is 0 Å². The van der Waals surface area contributed by atoms with Crippen LogP contribution in [0.1, 0.15) is 12.6 Å². The third-order valence-electron chi connectivity index (χ3n) is 2.24. The maximum absolute atomic E-state index is 5.12. The number of aryl methyl sites for hydroxylation is 1. The minimum absolute atomic E-state index is 0.646. The molecule has 2 rings (SSSR count). The van der Waals surface area contributed by atoms with E-state index in [1.54, 1.807) is 0 Å². The molecule has 0 spiro atoms. The van der Waals surface area contributed by atoms with Gasteiger partial charge in [0.1, 0.15) is 0 Å². The number of aromatic amines is 1. The highest BCUT2D eigenvalue weighted by molar-refractivity contribution is 7.71. The summed E-state index contributed by atoms with van der Waals surface area (Å²) in [6.45, 7) is 4.80. The number of nitrogens with one attached hydrogen (secondary N) is 1. The van der Waals surface area contributed by atoms with Crippen molar-refractivity contribution in [3.63, 3.8) is 0 Å². The molecule has 15 heavy (non-hydrogen) atoms. The topological polar surface area (TPSA) is 46.5 Å². The fourth-order valence-corrected chi connectivity index (χ4v) is 1.69. The van der Waals surface area contributed by atoms with Crippen molar-refractivity contribution >= 4 is 12.2 Å². The van der Waals surface area contributed by atoms with Gasteiger partial charge >= 0.3 is 0 Å². The van der Waals surface area contributed by atoms with Crippen molar-refractivity contribution in [2.75, 3.05) is 0 Å². The third kappa shape index (κ3) is 1.83. The molecule has 0 saturated heterocycles. The van der Waals surface area contributed by atoms with Gasteiger partial charge in [0.15, 0.2) is 10.6 Å². The molecule has 0 atom stereocenters. The average molecular weight is 220 g/mol. The molecule has 0 aromatic carbocycles. The van der Waals surface area contributed by atoms with Crippen LogP contribution in [-0.4, -0.2) is 19.7 Å². The number of hydrogen-bond acceptors (Lipinski definition) is 3. The monoisotopic (exact) mass is 220 g/mol. The van der Waals surface area contributed by atoms with Gasteiger partial charge in [0, 0.05) is 24.0 Å². The molecule has 0 unspecified atom stereocenters. The molecular weight excluding hydrogens is 208 g/mol. The van der Waals surface area contributed by atoms with Crippen molar-refractivity contribution < 1.29 is 0 Å². The molecule has 0 bridgehead atoms. The van der Waals surface area contributed by atoms with Crippen molar-refractivity contribution in [2.45, 2.75) is 20.4 Å². The van der Waals surface area contributed by atoms with Gasteiger partial charge in [-0.1, -0.05) is 0 Å². The summed E-state index contributed by atoms with van der Waals surface area (Å²) in [5.41, 5.74) is 1.98. The van der Waals surface area contributed by atoms with Crippen LogP contribution in [0.5, 0.6) is 0 Å². The van der Waals surface area contributed by atoms with Crippen molar-refractivity contribution in [2.24, 2.45) is 0 Å². The number of pyridine rings is 1. The molecule has 4 nitrogen and oxygen atoms in total. The molecule has 0 fully saturated rings. The minimum atomic E-state index is 0.646. The fraction of sp³-hybridized carbons (Fsp3) is 0.300. The van der Waals surface area contributed by atoms with Gasteiger partial charge < -0.3 is 4.57 Å². The Labute approximate surface area is 93.0 Å². The summed E-state index contributed by atoms with van der Waals surface area (Å²) >= 11 is 5.12. The number of hydrogen-bond donors (Lipinski definition) is 1. The summed E-state index contributed by atoms with van der Waals surface area (Å²) in [6, 6.07) is 3.96. The van der Waals surface area contributed by atoms with Crippen LogP contribution < -0.4 is 0 Å². The van der Waals surface area contributed by atoms with E-state index in [1.165, 1.54) is 0 Å². The third-order valence-corrected chi connectivity index (χ3v) is 2.56. The van der Waals surface area contributed by atoms with Crippen molar-refractivity contribution in [3.8, 4) is 11.4 Å². The molecular formula is C10H12N4S. The van der Waals surface area contributed by atoms with E-state index < -0.39 is 0 Å². The Hall–Kier alpha value is -1.49. The molecule has 0 saturated carbocycles. The largest absolute Gasteiger partial charge is 0.300 e. The van der Waals surface area contributed by atoms with Crippen LogP contribution in [0.2, 0.25) is 0 Å². The second-order valence-electron chi connectivity index (χ2n) is 3.28. The van der Waals surface area contributed by atoms with Crippen LogP contribution in [0.25, 0.3) is 11.4 Å². The number of H-pyrrole nitrogens is 1. The maximum Gasteiger partial charge on any atom is 0.195 e. The summed E-state index contributed by atoms with van der Waals surface area (Å²) in [4.78, 5) is 4.24. The standard InChI is InChI=1S/C10H12N4S/c1-3-14-9(12-13-10(14)15)8-5-4-7(2)11-6-8/h4-6H,3H2,1-2H3,(H,13,15). The van der Waals surface area contributed by atoms with Crippen LogP contribution >= 0.6 is 12.2 Å². The first-order valence-corrected chi connectivity index (χ1v) is 5.21. The predicted octanol–water partition coefficient (Wildman–Crippen LogP) is 2.33. The smallest absolute Gasteiger partial charge is 0.195 e. The number of aromatic nitrogens is 4. The molecule has 0 aliphatic carbocycles. The van der Waals surface area contributed by atoms with E-state index in [4.69, 9.17) is 12.2 Å². The molecule has 2 heterocycles. The van der Waals surface area contributed by atoms with Crippen LogP contribution in [0.3, 0.4) is 0 Å². The Morgan fingerprint density at radius 1 is 1.47 bits per heavy atom. The zero-order valence-corrected chi connectivity index (χ0v) is 9.51. The van der Waals surface area contributed by atoms with Gasteiger partial charge in [-0.05, 0) is 38.2 Å². The Bertz CT molecular complexity index is 509. The SMILES string of the molecule is CCn1c(-c2ccc(C)nc2)n[nH]c1=S. The maximum atomic E-state index is 5.12. The second kappa shape index (κ2) is 3.94. The Kier molecular flexibility index (Phi) is 2.64. The van der Waals surface area contributed by atoms with Crippen LogP contribution in [0, 0.1) is 11.7 Å². The summed E-state index contributed by atoms with van der Waals surface area (Å²) in [7, 11) is 0. The van der Waals surface area contributed by atoms with Gasteiger partial charge in [0.05, 0.1) is 0 Å². The molecule has 0 amide bonds. The second-order valence-corrected chi connectivity index (χ2v) is 3.67. The van der Waals surface area contributed by atoms with Crippen molar-refractivity contribution in [1.29, 1.82) is 0 Å². The number of rotatable bonds is 2. The lowest BCUT2D eigenvalue weighted by atomic mass is 10.2. The lowest BCUT2D eigenvalue weighted by molar-refractivity contribution is 0.755. The molecule has 78 valence electrons. The zero-order chi connectivity index (χ0) is 10.8. The molecule has 0 radical (unpaired) electrons. The highest BCUT2D eigenvalue weighted by Gasteiger charge is 2.06. The van der Waals surface area contributed by atoms with Crippen LogP contribution in [0.4, 0.5) is 0 Å². The van der Waals surface area contributed by atoms with Crippen molar-refractivity contribution in [1.82, 2.24) is 19.7 Å². The lowest BCUT2D eigenvalue weighted by Gasteiger charge is -2.02. The van der Waals surface area contributed by atoms with Gasteiger partial charge in [0.2, 0.25) is 0 Å². The predicted molar refractivity (Wildman–Crippen MR) is 61.1 cm³/mol. The van der Waals surface area contributed by atoms with Crippen LogP contribution in [-0.2, 0) is 6.54 Å². The first kappa shape index (κ1) is 10.0. The highest BCUT2D eigenvalue weighted by atomic mass is 32.1. The summed E-state index contributed by atoms with van der Waals surface area (Å²) in [6.07, 6.45) is 1.81. The van der Waals surface area contributed by atoms with Gasteiger partial charge in [0.25, 0.3) is 0 Å². The van der Waals surface area contributed by atoms with Gasteiger partial charge in [-0.25, -0.2) is 0 Å². The Morgan fingerprint density at radius 3 is 2.87 bits per heavy atom. The average Bonchev–Trinajstić information content (AvgIpc) is 2.61. The Morgan fingerprint density at radius 2 is 2.27 bits per heavy atom. The van der Waals surface area contributed by atoms with E-state index in [1.807, 2.05) is 36.7 Å². The molecule has 2 aromatic rings. The first-order chi connectivity index (χ1) is 7.22. The highest BCUT2D eigenvalue weighted by Crippen LogP contribution is 2.15. The van der Waals surface area contributed by atoms with E-state index in [0.29, 0.717) is 4.77 Å². The van der Waals surface area contributed by atoms with Gasteiger partial charge in [-0.2, -0.15) is 5.10 Å². The lowest BCUT2D eigenvalue weighted by Crippen LogP contribution is -1.98. The van der Waals surface area contributed by atoms with E-state index in [0.717, 1.165) is 23.6 Å². The quantitative estimate of drug-likeness (QED) is 0.790. The molecule has 0 aliphatic rings. The molecule has 0 aliphatic heterocycles.